The minimum atomic E-state index is -0.0850. The molecule has 3 heteroatoms. The van der Waals surface area contributed by atoms with E-state index in [9.17, 15) is 4.79 Å². The summed E-state index contributed by atoms with van der Waals surface area (Å²) < 4.78 is 0. The van der Waals surface area contributed by atoms with Crippen LogP contribution in [-0.2, 0) is 0 Å². The minimum absolute atomic E-state index is 0.0850. The maximum Gasteiger partial charge on any atom is 0.185 e. The summed E-state index contributed by atoms with van der Waals surface area (Å²) in [4.78, 5) is 14.2. The Labute approximate surface area is 110 Å². The van der Waals surface area contributed by atoms with Crippen molar-refractivity contribution in [3.63, 3.8) is 0 Å². The number of aryl methyl sites for hydroxylation is 1. The first-order chi connectivity index (χ1) is 8.69. The van der Waals surface area contributed by atoms with Gasteiger partial charge in [-0.05, 0) is 43.3 Å². The van der Waals surface area contributed by atoms with Gasteiger partial charge >= 0.3 is 0 Å². The molecule has 0 radical (unpaired) electrons. The van der Waals surface area contributed by atoms with Crippen LogP contribution in [0.4, 0.5) is 0 Å². The molecule has 0 atom stereocenters. The van der Waals surface area contributed by atoms with Crippen LogP contribution in [0.5, 0.6) is 0 Å². The number of rotatable bonds is 3. The highest BCUT2D eigenvalue weighted by Crippen LogP contribution is 2.17. The van der Waals surface area contributed by atoms with E-state index in [1.54, 1.807) is 47.8 Å². The van der Waals surface area contributed by atoms with Gasteiger partial charge in [-0.15, -0.1) is 11.3 Å². The zero-order chi connectivity index (χ0) is 13.0. The van der Waals surface area contributed by atoms with Crippen LogP contribution >= 0.6 is 11.3 Å². The number of ketones is 1. The largest absolute Gasteiger partial charge is 0.289 e. The predicted molar refractivity (Wildman–Crippen MR) is 73.6 cm³/mol. The highest BCUT2D eigenvalue weighted by atomic mass is 32.1. The average molecular weight is 253 g/mol. The lowest BCUT2D eigenvalue weighted by Crippen LogP contribution is -1.94. The topological polar surface area (TPSA) is 40.9 Å². The molecule has 2 nitrogen and oxygen atoms in total. The molecule has 0 aliphatic rings. The van der Waals surface area contributed by atoms with E-state index in [2.05, 4.69) is 0 Å². The first kappa shape index (κ1) is 12.3. The first-order valence-corrected chi connectivity index (χ1v) is 6.30. The summed E-state index contributed by atoms with van der Waals surface area (Å²) in [7, 11) is 0. The van der Waals surface area contributed by atoms with Crippen molar-refractivity contribution in [2.75, 3.05) is 0 Å². The van der Waals surface area contributed by atoms with Gasteiger partial charge in [0, 0.05) is 15.3 Å². The summed E-state index contributed by atoms with van der Waals surface area (Å²) in [6, 6.07) is 12.7. The Morgan fingerprint density at radius 3 is 2.83 bits per heavy atom. The van der Waals surface area contributed by atoms with Crippen LogP contribution in [0.1, 0.15) is 25.7 Å². The third kappa shape index (κ3) is 2.93. The molecule has 1 aromatic heterocycles. The van der Waals surface area contributed by atoms with E-state index in [1.165, 1.54) is 4.88 Å². The van der Waals surface area contributed by atoms with E-state index in [0.29, 0.717) is 11.1 Å². The monoisotopic (exact) mass is 253 g/mol. The second-order valence-electron chi connectivity index (χ2n) is 3.84. The maximum absolute atomic E-state index is 11.9. The summed E-state index contributed by atoms with van der Waals surface area (Å²) in [5.74, 6) is -0.0850. The summed E-state index contributed by atoms with van der Waals surface area (Å²) >= 11 is 1.64. The number of allylic oxidation sites excluding steroid dienone is 1. The van der Waals surface area contributed by atoms with Gasteiger partial charge in [-0.3, -0.25) is 4.79 Å². The normalized spacial score (nSPS) is 10.4. The molecule has 0 N–H and O–H groups in total. The van der Waals surface area contributed by atoms with Crippen LogP contribution in [0.2, 0.25) is 0 Å². The lowest BCUT2D eigenvalue weighted by Gasteiger charge is -1.95. The summed E-state index contributed by atoms with van der Waals surface area (Å²) in [6.07, 6.45) is 3.35. The Morgan fingerprint density at radius 1 is 1.33 bits per heavy atom. The van der Waals surface area contributed by atoms with Crippen molar-refractivity contribution >= 4 is 23.2 Å². The van der Waals surface area contributed by atoms with E-state index in [1.807, 2.05) is 25.1 Å². The molecule has 0 spiro atoms. The smallest absolute Gasteiger partial charge is 0.185 e. The Kier molecular flexibility index (Phi) is 3.71. The van der Waals surface area contributed by atoms with Crippen LogP contribution in [0.3, 0.4) is 0 Å². The molecule has 0 amide bonds. The highest BCUT2D eigenvalue weighted by molar-refractivity contribution is 7.12. The number of carbonyl (C=O) groups is 1. The minimum Gasteiger partial charge on any atom is -0.289 e. The van der Waals surface area contributed by atoms with Crippen molar-refractivity contribution in [3.8, 4) is 6.07 Å². The molecule has 0 fully saturated rings. The Hall–Kier alpha value is -2.18. The molecular weight excluding hydrogens is 242 g/mol. The lowest BCUT2D eigenvalue weighted by molar-refractivity contribution is 0.104. The van der Waals surface area contributed by atoms with Gasteiger partial charge in [0.1, 0.15) is 0 Å². The van der Waals surface area contributed by atoms with Crippen molar-refractivity contribution in [1.82, 2.24) is 0 Å². The summed E-state index contributed by atoms with van der Waals surface area (Å²) in [5, 5.41) is 8.78. The van der Waals surface area contributed by atoms with Crippen LogP contribution in [-0.4, -0.2) is 5.78 Å². The molecule has 2 aromatic rings. The van der Waals surface area contributed by atoms with E-state index < -0.39 is 0 Å². The summed E-state index contributed by atoms with van der Waals surface area (Å²) in [6.45, 7) is 2.03. The fraction of sp³-hybridized carbons (Fsp3) is 0.0667. The van der Waals surface area contributed by atoms with Gasteiger partial charge in [0.15, 0.2) is 5.78 Å². The first-order valence-electron chi connectivity index (χ1n) is 5.48. The van der Waals surface area contributed by atoms with E-state index in [-0.39, 0.29) is 5.78 Å². The molecule has 88 valence electrons. The van der Waals surface area contributed by atoms with Gasteiger partial charge in [-0.2, -0.15) is 5.26 Å². The molecule has 0 unspecified atom stereocenters. The zero-order valence-corrected chi connectivity index (χ0v) is 10.7. The fourth-order valence-electron chi connectivity index (χ4n) is 1.54. The van der Waals surface area contributed by atoms with Crippen molar-refractivity contribution in [1.29, 1.82) is 5.26 Å². The molecule has 0 bridgehead atoms. The van der Waals surface area contributed by atoms with Gasteiger partial charge in [0.25, 0.3) is 0 Å². The average Bonchev–Trinajstić information content (AvgIpc) is 2.82. The van der Waals surface area contributed by atoms with E-state index >= 15 is 0 Å². The Morgan fingerprint density at radius 2 is 2.17 bits per heavy atom. The zero-order valence-electron chi connectivity index (χ0n) is 9.88. The highest BCUT2D eigenvalue weighted by Gasteiger charge is 2.02. The molecule has 0 aliphatic heterocycles. The number of benzene rings is 1. The SMILES string of the molecule is Cc1ccc(/C=C/C(=O)c2cccc(C#N)c2)s1. The van der Waals surface area contributed by atoms with E-state index in [4.69, 9.17) is 5.26 Å². The Bertz CT molecular complexity index is 647. The standard InChI is InChI=1S/C15H11NOS/c1-11-5-6-14(18-11)7-8-15(17)13-4-2-3-12(9-13)10-16/h2-9H,1H3/b8-7+. The fourth-order valence-corrected chi connectivity index (χ4v) is 2.32. The number of nitrogens with zero attached hydrogens (tertiary/aromatic N) is 1. The van der Waals surface area contributed by atoms with Gasteiger partial charge < -0.3 is 0 Å². The number of nitriles is 1. The van der Waals surface area contributed by atoms with Crippen molar-refractivity contribution in [3.05, 3.63) is 63.4 Å². The summed E-state index contributed by atoms with van der Waals surface area (Å²) in [5.41, 5.74) is 1.04. The van der Waals surface area contributed by atoms with Gasteiger partial charge in [0.05, 0.1) is 11.6 Å². The third-order valence-electron chi connectivity index (χ3n) is 2.44. The molecular formula is C15H11NOS. The van der Waals surface area contributed by atoms with Crippen LogP contribution in [0, 0.1) is 18.3 Å². The predicted octanol–water partition coefficient (Wildman–Crippen LogP) is 3.82. The molecule has 0 saturated heterocycles. The molecule has 2 rings (SSSR count). The number of thiophene rings is 1. The van der Waals surface area contributed by atoms with E-state index in [0.717, 1.165) is 4.88 Å². The molecule has 0 aliphatic carbocycles. The molecule has 1 heterocycles. The number of carbonyl (C=O) groups excluding carboxylic acids is 1. The Balaban J connectivity index is 2.17. The second kappa shape index (κ2) is 5.44. The molecule has 0 saturated carbocycles. The van der Waals surface area contributed by atoms with Crippen LogP contribution in [0.25, 0.3) is 6.08 Å². The van der Waals surface area contributed by atoms with Gasteiger partial charge in [-0.1, -0.05) is 12.1 Å². The lowest BCUT2D eigenvalue weighted by atomic mass is 10.1. The van der Waals surface area contributed by atoms with Crippen LogP contribution in [0.15, 0.2) is 42.5 Å². The van der Waals surface area contributed by atoms with Gasteiger partial charge in [-0.25, -0.2) is 0 Å². The van der Waals surface area contributed by atoms with Gasteiger partial charge in [0.2, 0.25) is 0 Å². The maximum atomic E-state index is 11.9. The quantitative estimate of drug-likeness (QED) is 0.616. The van der Waals surface area contributed by atoms with Crippen molar-refractivity contribution in [2.24, 2.45) is 0 Å². The number of hydrogen-bond donors (Lipinski definition) is 0. The number of hydrogen-bond acceptors (Lipinski definition) is 3. The second-order valence-corrected chi connectivity index (χ2v) is 5.16. The van der Waals surface area contributed by atoms with Crippen LogP contribution < -0.4 is 0 Å². The molecule has 18 heavy (non-hydrogen) atoms. The molecule has 1 aromatic carbocycles. The third-order valence-corrected chi connectivity index (χ3v) is 3.40. The van der Waals surface area contributed by atoms with Crippen molar-refractivity contribution in [2.45, 2.75) is 6.92 Å². The van der Waals surface area contributed by atoms with Crippen molar-refractivity contribution < 1.29 is 4.79 Å².